The molecule has 0 saturated carbocycles. The quantitative estimate of drug-likeness (QED) is 0.627. The zero-order valence-electron chi connectivity index (χ0n) is 6.88. The normalized spacial score (nSPS) is 21.1. The highest BCUT2D eigenvalue weighted by atomic mass is 16.1. The summed E-state index contributed by atoms with van der Waals surface area (Å²) in [5, 5.41) is 0. The topological polar surface area (TPSA) is 46.3 Å². The summed E-state index contributed by atoms with van der Waals surface area (Å²) in [5.74, 6) is -0.202. The van der Waals surface area contributed by atoms with E-state index < -0.39 is 0 Å². The predicted molar refractivity (Wildman–Crippen MR) is 44.1 cm³/mol. The fourth-order valence-corrected chi connectivity index (χ4v) is 1.51. The summed E-state index contributed by atoms with van der Waals surface area (Å²) < 4.78 is 0. The maximum absolute atomic E-state index is 10.6. The summed E-state index contributed by atoms with van der Waals surface area (Å²) in [5.41, 5.74) is 5.09. The minimum absolute atomic E-state index is 0.202. The van der Waals surface area contributed by atoms with Gasteiger partial charge in [-0.1, -0.05) is 12.8 Å². The van der Waals surface area contributed by atoms with Crippen LogP contribution in [-0.4, -0.2) is 30.4 Å². The van der Waals surface area contributed by atoms with Crippen LogP contribution in [0.1, 0.15) is 25.7 Å². The summed E-state index contributed by atoms with van der Waals surface area (Å²) in [6.45, 7) is 2.53. The molecule has 11 heavy (non-hydrogen) atoms. The van der Waals surface area contributed by atoms with Crippen molar-refractivity contribution in [3.05, 3.63) is 0 Å². The molecule has 0 bridgehead atoms. The Labute approximate surface area is 67.5 Å². The molecule has 1 aliphatic rings. The smallest absolute Gasteiger partial charge is 0.231 e. The molecule has 64 valence electrons. The molecule has 0 aliphatic carbocycles. The number of nitrogens with zero attached hydrogens (tertiary/aromatic N) is 1. The van der Waals surface area contributed by atoms with Gasteiger partial charge in [0.1, 0.15) is 0 Å². The molecule has 0 radical (unpaired) electrons. The van der Waals surface area contributed by atoms with Crippen molar-refractivity contribution >= 4 is 5.91 Å². The van der Waals surface area contributed by atoms with E-state index in [-0.39, 0.29) is 5.91 Å². The Bertz CT molecular complexity index is 128. The van der Waals surface area contributed by atoms with Crippen LogP contribution in [0.15, 0.2) is 0 Å². The first kappa shape index (κ1) is 8.53. The van der Waals surface area contributed by atoms with E-state index in [0.29, 0.717) is 6.54 Å². The zero-order valence-corrected chi connectivity index (χ0v) is 6.88. The Morgan fingerprint density at radius 2 is 1.73 bits per heavy atom. The third-order valence-corrected chi connectivity index (χ3v) is 2.08. The van der Waals surface area contributed by atoms with Gasteiger partial charge in [-0.05, 0) is 25.9 Å². The molecule has 2 N–H and O–H groups in total. The maximum atomic E-state index is 10.6. The molecular weight excluding hydrogens is 140 g/mol. The minimum Gasteiger partial charge on any atom is -0.369 e. The van der Waals surface area contributed by atoms with E-state index in [1.165, 1.54) is 25.7 Å². The van der Waals surface area contributed by atoms with Crippen LogP contribution in [0.2, 0.25) is 0 Å². The van der Waals surface area contributed by atoms with Crippen LogP contribution in [0.25, 0.3) is 0 Å². The van der Waals surface area contributed by atoms with Gasteiger partial charge in [0.05, 0.1) is 6.54 Å². The first-order valence-electron chi connectivity index (χ1n) is 4.30. The second-order valence-electron chi connectivity index (χ2n) is 3.16. The maximum Gasteiger partial charge on any atom is 0.231 e. The second kappa shape index (κ2) is 4.34. The van der Waals surface area contributed by atoms with E-state index in [4.69, 9.17) is 5.73 Å². The highest BCUT2D eigenvalue weighted by molar-refractivity contribution is 5.75. The van der Waals surface area contributed by atoms with Crippen molar-refractivity contribution in [2.45, 2.75) is 25.7 Å². The van der Waals surface area contributed by atoms with Crippen molar-refractivity contribution in [2.75, 3.05) is 19.6 Å². The van der Waals surface area contributed by atoms with E-state index in [1.54, 1.807) is 0 Å². The first-order valence-corrected chi connectivity index (χ1v) is 4.30. The molecule has 1 aliphatic heterocycles. The van der Waals surface area contributed by atoms with Gasteiger partial charge in [0.2, 0.25) is 5.91 Å². The van der Waals surface area contributed by atoms with Crippen molar-refractivity contribution in [1.82, 2.24) is 4.90 Å². The Balaban J connectivity index is 2.25. The van der Waals surface area contributed by atoms with E-state index in [0.717, 1.165) is 13.1 Å². The van der Waals surface area contributed by atoms with Crippen LogP contribution >= 0.6 is 0 Å². The van der Waals surface area contributed by atoms with E-state index in [9.17, 15) is 4.79 Å². The molecule has 1 amide bonds. The fourth-order valence-electron chi connectivity index (χ4n) is 1.51. The van der Waals surface area contributed by atoms with Crippen LogP contribution in [0.3, 0.4) is 0 Å². The molecule has 1 saturated heterocycles. The highest BCUT2D eigenvalue weighted by Gasteiger charge is 2.09. The van der Waals surface area contributed by atoms with Gasteiger partial charge in [-0.25, -0.2) is 0 Å². The number of carbonyl (C=O) groups is 1. The standard InChI is InChI=1S/C8H16N2O/c9-8(11)7-10-5-3-1-2-4-6-10/h1-7H2,(H2,9,11). The third-order valence-electron chi connectivity index (χ3n) is 2.08. The van der Waals surface area contributed by atoms with Crippen molar-refractivity contribution in [1.29, 1.82) is 0 Å². The van der Waals surface area contributed by atoms with Crippen molar-refractivity contribution in [2.24, 2.45) is 5.73 Å². The van der Waals surface area contributed by atoms with Gasteiger partial charge in [-0.2, -0.15) is 0 Å². The molecular formula is C8H16N2O. The molecule has 0 aromatic rings. The molecule has 1 fully saturated rings. The minimum atomic E-state index is -0.202. The molecule has 1 heterocycles. The Hall–Kier alpha value is -0.570. The Morgan fingerprint density at radius 1 is 1.18 bits per heavy atom. The molecule has 0 aromatic heterocycles. The van der Waals surface area contributed by atoms with E-state index >= 15 is 0 Å². The lowest BCUT2D eigenvalue weighted by molar-refractivity contribution is -0.119. The van der Waals surface area contributed by atoms with Gasteiger partial charge < -0.3 is 5.73 Å². The van der Waals surface area contributed by atoms with E-state index in [1.807, 2.05) is 0 Å². The largest absolute Gasteiger partial charge is 0.369 e. The lowest BCUT2D eigenvalue weighted by Crippen LogP contribution is -2.34. The summed E-state index contributed by atoms with van der Waals surface area (Å²) >= 11 is 0. The van der Waals surface area contributed by atoms with Crippen LogP contribution in [0, 0.1) is 0 Å². The first-order chi connectivity index (χ1) is 5.29. The van der Waals surface area contributed by atoms with Crippen molar-refractivity contribution in [3.8, 4) is 0 Å². The molecule has 0 atom stereocenters. The SMILES string of the molecule is NC(=O)CN1CCCCCC1. The molecule has 0 aromatic carbocycles. The molecule has 0 spiro atoms. The number of rotatable bonds is 2. The summed E-state index contributed by atoms with van der Waals surface area (Å²) in [7, 11) is 0. The van der Waals surface area contributed by atoms with Crippen LogP contribution in [0.4, 0.5) is 0 Å². The molecule has 3 heteroatoms. The van der Waals surface area contributed by atoms with Gasteiger partial charge in [0.25, 0.3) is 0 Å². The van der Waals surface area contributed by atoms with Gasteiger partial charge in [-0.15, -0.1) is 0 Å². The van der Waals surface area contributed by atoms with Crippen LogP contribution < -0.4 is 5.73 Å². The number of amides is 1. The van der Waals surface area contributed by atoms with Gasteiger partial charge in [0.15, 0.2) is 0 Å². The lowest BCUT2D eigenvalue weighted by atomic mass is 10.2. The van der Waals surface area contributed by atoms with Crippen molar-refractivity contribution < 1.29 is 4.79 Å². The fraction of sp³-hybridized carbons (Fsp3) is 0.875. The van der Waals surface area contributed by atoms with Gasteiger partial charge >= 0.3 is 0 Å². The average molecular weight is 156 g/mol. The van der Waals surface area contributed by atoms with Gasteiger partial charge in [0, 0.05) is 0 Å². The zero-order chi connectivity index (χ0) is 8.10. The Morgan fingerprint density at radius 3 is 2.18 bits per heavy atom. The van der Waals surface area contributed by atoms with Crippen LogP contribution in [0.5, 0.6) is 0 Å². The number of primary amides is 1. The summed E-state index contributed by atoms with van der Waals surface area (Å²) in [6, 6.07) is 0. The monoisotopic (exact) mass is 156 g/mol. The summed E-state index contributed by atoms with van der Waals surface area (Å²) in [6.07, 6.45) is 5.03. The second-order valence-corrected chi connectivity index (χ2v) is 3.16. The predicted octanol–water partition coefficient (Wildman–Crippen LogP) is 0.348. The number of hydrogen-bond acceptors (Lipinski definition) is 2. The molecule has 0 unspecified atom stereocenters. The molecule has 1 rings (SSSR count). The van der Waals surface area contributed by atoms with Gasteiger partial charge in [-0.3, -0.25) is 9.69 Å². The van der Waals surface area contributed by atoms with Crippen LogP contribution in [-0.2, 0) is 4.79 Å². The number of carbonyl (C=O) groups excluding carboxylic acids is 1. The molecule has 3 nitrogen and oxygen atoms in total. The number of hydrogen-bond donors (Lipinski definition) is 1. The lowest BCUT2D eigenvalue weighted by Gasteiger charge is -2.16. The number of likely N-dealkylation sites (tertiary alicyclic amines) is 1. The highest BCUT2D eigenvalue weighted by Crippen LogP contribution is 2.08. The Kier molecular flexibility index (Phi) is 3.36. The summed E-state index contributed by atoms with van der Waals surface area (Å²) in [4.78, 5) is 12.7. The van der Waals surface area contributed by atoms with Crippen molar-refractivity contribution in [3.63, 3.8) is 0 Å². The number of nitrogens with two attached hydrogens (primary N) is 1. The average Bonchev–Trinajstić information content (AvgIpc) is 2.14. The van der Waals surface area contributed by atoms with E-state index in [2.05, 4.69) is 4.90 Å². The third kappa shape index (κ3) is 3.37.